The number of aliphatic hydroxyl groups is 1. The number of nitrogens with one attached hydrogen (secondary N) is 1. The first-order chi connectivity index (χ1) is 26.3. The van der Waals surface area contributed by atoms with Gasteiger partial charge in [0, 0.05) is 36.1 Å². The van der Waals surface area contributed by atoms with Crippen LogP contribution in [0, 0.1) is 24.2 Å². The largest absolute Gasteiger partial charge is 0.497 e. The van der Waals surface area contributed by atoms with Gasteiger partial charge in [0.2, 0.25) is 21.8 Å². The number of carbonyl (C=O) groups excluding carboxylic acids is 4. The molecule has 7 rings (SSSR count). The number of fused-ring (bicyclic) bond motifs is 5. The summed E-state index contributed by atoms with van der Waals surface area (Å²) in [5, 5.41) is 12.6. The Morgan fingerprint density at radius 1 is 1.11 bits per heavy atom. The van der Waals surface area contributed by atoms with Gasteiger partial charge in [0.25, 0.3) is 0 Å². The quantitative estimate of drug-likeness (QED) is 0.277. The van der Waals surface area contributed by atoms with Crippen LogP contribution in [-0.2, 0) is 33.9 Å². The Morgan fingerprint density at radius 3 is 2.55 bits per heavy atom. The van der Waals surface area contributed by atoms with Crippen LogP contribution in [0.2, 0.25) is 0 Å². The van der Waals surface area contributed by atoms with Gasteiger partial charge in [-0.25, -0.2) is 13.4 Å². The predicted molar refractivity (Wildman–Crippen MR) is 207 cm³/mol. The highest BCUT2D eigenvalue weighted by atomic mass is 32.2. The summed E-state index contributed by atoms with van der Waals surface area (Å²) in [6.45, 7) is 8.64. The number of Topliss-reactive ketones (excluding diaryl/α,β-unsaturated/α-hetero) is 1. The van der Waals surface area contributed by atoms with E-state index in [0.29, 0.717) is 65.8 Å². The minimum atomic E-state index is -3.97. The molecule has 3 fully saturated rings. The molecule has 14 heteroatoms. The number of hydrogen-bond donors (Lipinski definition) is 2. The van der Waals surface area contributed by atoms with Crippen LogP contribution in [0.5, 0.6) is 11.5 Å². The first kappa shape index (κ1) is 40.2. The van der Waals surface area contributed by atoms with Crippen LogP contribution in [0.4, 0.5) is 0 Å². The molecular formula is C42H55N3O10S. The number of esters is 1. The van der Waals surface area contributed by atoms with Gasteiger partial charge in [0.05, 0.1) is 53.6 Å². The van der Waals surface area contributed by atoms with E-state index in [0.717, 1.165) is 19.3 Å². The number of rotatable bonds is 6. The predicted octanol–water partition coefficient (Wildman–Crippen LogP) is 5.54. The van der Waals surface area contributed by atoms with Crippen LogP contribution in [0.3, 0.4) is 0 Å². The Labute approximate surface area is 329 Å². The number of allylic oxidation sites excluding steroid dienone is 2. The molecule has 2 amide bonds. The Morgan fingerprint density at radius 2 is 1.86 bits per heavy atom. The number of hydrogen-bond acceptors (Lipinski definition) is 11. The van der Waals surface area contributed by atoms with Crippen LogP contribution in [0.25, 0.3) is 10.9 Å². The summed E-state index contributed by atoms with van der Waals surface area (Å²) in [6.07, 6.45) is 7.10. The van der Waals surface area contributed by atoms with Crippen molar-refractivity contribution in [3.63, 3.8) is 0 Å². The van der Waals surface area contributed by atoms with E-state index < -0.39 is 73.0 Å². The molecule has 1 spiro atoms. The van der Waals surface area contributed by atoms with Crippen LogP contribution in [0.15, 0.2) is 30.4 Å². The van der Waals surface area contributed by atoms with Crippen molar-refractivity contribution < 1.29 is 46.9 Å². The first-order valence-corrected chi connectivity index (χ1v) is 21.4. The van der Waals surface area contributed by atoms with Crippen molar-refractivity contribution >= 4 is 44.5 Å². The lowest BCUT2D eigenvalue weighted by molar-refractivity contribution is -0.159. The van der Waals surface area contributed by atoms with E-state index in [9.17, 15) is 32.7 Å². The summed E-state index contributed by atoms with van der Waals surface area (Å²) in [4.78, 5) is 63.1. The smallest absolute Gasteiger partial charge is 0.307 e. The summed E-state index contributed by atoms with van der Waals surface area (Å²) in [7, 11) is -2.42. The molecule has 0 bridgehead atoms. The normalized spacial score (nSPS) is 30.9. The zero-order chi connectivity index (χ0) is 40.4. The lowest BCUT2D eigenvalue weighted by atomic mass is 9.83. The average Bonchev–Trinajstić information content (AvgIpc) is 4.01. The van der Waals surface area contributed by atoms with Crippen LogP contribution in [0.1, 0.15) is 122 Å². The van der Waals surface area contributed by atoms with Crippen molar-refractivity contribution in [2.45, 2.75) is 140 Å². The maximum absolute atomic E-state index is 14.8. The van der Waals surface area contributed by atoms with E-state index in [2.05, 4.69) is 4.72 Å². The molecule has 1 aromatic heterocycles. The van der Waals surface area contributed by atoms with E-state index >= 15 is 0 Å². The number of sulfonamides is 1. The molecule has 13 nitrogen and oxygen atoms in total. The fourth-order valence-corrected chi connectivity index (χ4v) is 10.3. The molecule has 6 atom stereocenters. The van der Waals surface area contributed by atoms with Gasteiger partial charge in [-0.2, -0.15) is 0 Å². The lowest BCUT2D eigenvalue weighted by Gasteiger charge is -2.39. The molecule has 0 radical (unpaired) electrons. The van der Waals surface area contributed by atoms with E-state index in [1.54, 1.807) is 53.9 Å². The highest BCUT2D eigenvalue weighted by molar-refractivity contribution is 7.91. The number of carbonyl (C=O) groups is 4. The minimum absolute atomic E-state index is 0.0252. The number of amides is 2. The number of ether oxygens (including phenoxy) is 3. The molecule has 0 unspecified atom stereocenters. The number of methoxy groups -OCH3 is 1. The Kier molecular flexibility index (Phi) is 10.3. The monoisotopic (exact) mass is 793 g/mol. The number of benzene rings is 1. The molecule has 2 N–H and O–H groups in total. The van der Waals surface area contributed by atoms with Gasteiger partial charge in [-0.05, 0) is 97.3 Å². The summed E-state index contributed by atoms with van der Waals surface area (Å²) in [5.74, 6) is -2.18. The lowest BCUT2D eigenvalue weighted by Crippen LogP contribution is -2.48. The Hall–Kier alpha value is -4.04. The summed E-state index contributed by atoms with van der Waals surface area (Å²) in [5.41, 5.74) is -1.52. The number of ketones is 1. The number of aryl methyl sites for hydroxylation is 1. The SMILES string of the molecule is COc1ccc2nc(C)c3c(c2c1)[C@@H](O)C[C@]1(C[C@H]2C(=O)C[C@]4(C(=O)NS(=O)(=O)C5(C)CC5)C[C@H]4/C=C\CCCCC[C@H](CC(=O)OC(C)(C)C)C(=O)N2C1)O3. The van der Waals surface area contributed by atoms with Crippen LogP contribution < -0.4 is 14.2 Å². The molecule has 2 aliphatic carbocycles. The molecular weight excluding hydrogens is 739 g/mol. The third kappa shape index (κ3) is 7.67. The molecule has 5 aliphatic rings. The standard InChI is InChI=1S/C42H55N3O10S/c1-25-36-35(29-19-28(53-6)14-15-30(29)43-25)33(47)22-41(55-36)21-31-32(46)23-42(38(50)44-56(51,52)40(5)16-17-40)20-27(42)13-11-9-7-8-10-12-26(37(49)45(31)24-41)18-34(48)54-39(2,3)4/h11,13-15,19,26-27,31,33,47H,7-10,12,16-18,20-24H2,1-6H3,(H,44,50)/b13-11-/t26-,27-,31+,33+,41+,42-/m1/s1. The number of aromatic nitrogens is 1. The van der Waals surface area contributed by atoms with Crippen molar-refractivity contribution in [3.8, 4) is 11.5 Å². The highest BCUT2D eigenvalue weighted by Gasteiger charge is 2.63. The van der Waals surface area contributed by atoms with E-state index in [-0.39, 0.29) is 38.1 Å². The molecule has 56 heavy (non-hydrogen) atoms. The Balaban J connectivity index is 1.26. The van der Waals surface area contributed by atoms with Crippen molar-refractivity contribution in [2.75, 3.05) is 13.7 Å². The van der Waals surface area contributed by atoms with Gasteiger partial charge in [-0.15, -0.1) is 0 Å². The first-order valence-electron chi connectivity index (χ1n) is 19.9. The van der Waals surface area contributed by atoms with Crippen molar-refractivity contribution in [1.29, 1.82) is 0 Å². The molecule has 2 saturated carbocycles. The fraction of sp³-hybridized carbons (Fsp3) is 0.643. The summed E-state index contributed by atoms with van der Waals surface area (Å²) < 4.78 is 45.8. The van der Waals surface area contributed by atoms with E-state index in [4.69, 9.17) is 19.2 Å². The van der Waals surface area contributed by atoms with Gasteiger partial charge in [0.15, 0.2) is 5.78 Å². The molecule has 2 aromatic rings. The maximum Gasteiger partial charge on any atom is 0.307 e. The molecule has 1 saturated heterocycles. The highest BCUT2D eigenvalue weighted by Crippen LogP contribution is 2.58. The topological polar surface area (TPSA) is 178 Å². The van der Waals surface area contributed by atoms with Gasteiger partial charge in [-0.1, -0.05) is 25.0 Å². The third-order valence-corrected chi connectivity index (χ3v) is 14.7. The average molecular weight is 794 g/mol. The third-order valence-electron chi connectivity index (χ3n) is 12.5. The van der Waals surface area contributed by atoms with Gasteiger partial charge < -0.3 is 24.2 Å². The van der Waals surface area contributed by atoms with Crippen molar-refractivity contribution in [1.82, 2.24) is 14.6 Å². The second kappa shape index (κ2) is 14.4. The number of aliphatic hydroxyl groups excluding tert-OH is 1. The van der Waals surface area contributed by atoms with Gasteiger partial charge >= 0.3 is 5.97 Å². The van der Waals surface area contributed by atoms with Gasteiger partial charge in [0.1, 0.15) is 22.7 Å². The molecule has 3 aliphatic heterocycles. The number of pyridine rings is 1. The maximum atomic E-state index is 14.8. The van der Waals surface area contributed by atoms with Crippen molar-refractivity contribution in [2.24, 2.45) is 17.3 Å². The zero-order valence-corrected chi connectivity index (χ0v) is 34.1. The summed E-state index contributed by atoms with van der Waals surface area (Å²) in [6, 6.07) is 4.34. The van der Waals surface area contributed by atoms with Crippen LogP contribution in [-0.4, -0.2) is 82.6 Å². The second-order valence-electron chi connectivity index (χ2n) is 18.1. The van der Waals surface area contributed by atoms with Crippen molar-refractivity contribution in [3.05, 3.63) is 41.6 Å². The zero-order valence-electron chi connectivity index (χ0n) is 33.3. The molecule has 4 heterocycles. The van der Waals surface area contributed by atoms with Crippen LogP contribution >= 0.6 is 0 Å². The molecule has 1 aromatic carbocycles. The van der Waals surface area contributed by atoms with E-state index in [1.807, 2.05) is 18.2 Å². The van der Waals surface area contributed by atoms with E-state index in [1.165, 1.54) is 4.90 Å². The summed E-state index contributed by atoms with van der Waals surface area (Å²) >= 11 is 0. The second-order valence-corrected chi connectivity index (χ2v) is 20.3. The number of nitrogens with zero attached hydrogens (tertiary/aromatic N) is 2. The minimum Gasteiger partial charge on any atom is -0.497 e. The fourth-order valence-electron chi connectivity index (χ4n) is 8.94. The van der Waals surface area contributed by atoms with Gasteiger partial charge in [-0.3, -0.25) is 23.9 Å². The Bertz CT molecular complexity index is 2090. The molecule has 304 valence electrons.